The normalized spacial score (nSPS) is 15.4. The summed E-state index contributed by atoms with van der Waals surface area (Å²) in [5, 5.41) is 3.08. The Bertz CT molecular complexity index is 474. The van der Waals surface area contributed by atoms with Gasteiger partial charge in [-0.2, -0.15) is 0 Å². The Morgan fingerprint density at radius 1 is 1.47 bits per heavy atom. The van der Waals surface area contributed by atoms with Gasteiger partial charge in [-0.05, 0) is 50.4 Å². The zero-order valence-corrected chi connectivity index (χ0v) is 10.7. The van der Waals surface area contributed by atoms with Gasteiger partial charge in [0.1, 0.15) is 5.78 Å². The molecular weight excluding hydrogens is 210 g/mol. The molecule has 0 saturated heterocycles. The van der Waals surface area contributed by atoms with E-state index in [0.717, 1.165) is 12.8 Å². The number of nitrogens with one attached hydrogen (secondary N) is 1. The number of carbonyl (C=O) groups is 1. The molecule has 17 heavy (non-hydrogen) atoms. The number of carbonyl (C=O) groups excluding carboxylic acids is 1. The van der Waals surface area contributed by atoms with Gasteiger partial charge < -0.3 is 5.32 Å². The summed E-state index contributed by atoms with van der Waals surface area (Å²) >= 11 is 0. The first-order valence-corrected chi connectivity index (χ1v) is 6.08. The standard InChI is InChI=1S/C15H19NO/c1-10-4-7-14-12(8-10)5-6-13(14)9-15(16-3)11(2)17/h4,6-8,15-16H,5,9H2,1-3H3/t15-/m0/s1. The van der Waals surface area contributed by atoms with Crippen LogP contribution in [-0.4, -0.2) is 18.9 Å². The predicted octanol–water partition coefficient (Wildman–Crippen LogP) is 2.50. The van der Waals surface area contributed by atoms with Crippen LogP contribution in [0.2, 0.25) is 0 Å². The molecule has 0 fully saturated rings. The van der Waals surface area contributed by atoms with Crippen molar-refractivity contribution in [3.05, 3.63) is 41.0 Å². The van der Waals surface area contributed by atoms with E-state index in [-0.39, 0.29) is 11.8 Å². The first kappa shape index (κ1) is 12.1. The largest absolute Gasteiger partial charge is 0.310 e. The highest BCUT2D eigenvalue weighted by atomic mass is 16.1. The van der Waals surface area contributed by atoms with E-state index in [4.69, 9.17) is 0 Å². The lowest BCUT2D eigenvalue weighted by atomic mass is 9.97. The molecule has 2 heteroatoms. The second kappa shape index (κ2) is 4.84. The van der Waals surface area contributed by atoms with Gasteiger partial charge in [0.2, 0.25) is 0 Å². The number of hydrogen-bond donors (Lipinski definition) is 1. The van der Waals surface area contributed by atoms with Gasteiger partial charge in [0.15, 0.2) is 0 Å². The van der Waals surface area contributed by atoms with Gasteiger partial charge in [-0.15, -0.1) is 0 Å². The summed E-state index contributed by atoms with van der Waals surface area (Å²) in [6, 6.07) is 6.49. The third kappa shape index (κ3) is 2.47. The average Bonchev–Trinajstić information content (AvgIpc) is 2.67. The van der Waals surface area contributed by atoms with Crippen molar-refractivity contribution in [1.29, 1.82) is 0 Å². The Hall–Kier alpha value is -1.41. The number of Topliss-reactive ketones (excluding diaryl/α,β-unsaturated/α-hetero) is 1. The van der Waals surface area contributed by atoms with Crippen molar-refractivity contribution in [1.82, 2.24) is 5.32 Å². The van der Waals surface area contributed by atoms with Crippen molar-refractivity contribution in [2.75, 3.05) is 7.05 Å². The summed E-state index contributed by atoms with van der Waals surface area (Å²) in [5.74, 6) is 0.203. The van der Waals surface area contributed by atoms with Gasteiger partial charge >= 0.3 is 0 Å². The minimum atomic E-state index is -0.0616. The fourth-order valence-electron chi connectivity index (χ4n) is 2.41. The van der Waals surface area contributed by atoms with Crippen molar-refractivity contribution in [2.45, 2.75) is 32.7 Å². The fourth-order valence-corrected chi connectivity index (χ4v) is 2.41. The molecule has 1 aromatic rings. The number of fused-ring (bicyclic) bond motifs is 1. The minimum Gasteiger partial charge on any atom is -0.310 e. The molecular formula is C15H19NO. The van der Waals surface area contributed by atoms with Crippen LogP contribution in [0, 0.1) is 6.92 Å². The quantitative estimate of drug-likeness (QED) is 0.859. The molecule has 0 heterocycles. The average molecular weight is 229 g/mol. The lowest BCUT2D eigenvalue weighted by molar-refractivity contribution is -0.118. The molecule has 1 aliphatic carbocycles. The van der Waals surface area contributed by atoms with E-state index < -0.39 is 0 Å². The zero-order valence-electron chi connectivity index (χ0n) is 10.7. The van der Waals surface area contributed by atoms with E-state index >= 15 is 0 Å². The van der Waals surface area contributed by atoms with Crippen molar-refractivity contribution in [3.8, 4) is 0 Å². The van der Waals surface area contributed by atoms with E-state index in [1.807, 2.05) is 7.05 Å². The van der Waals surface area contributed by atoms with Gasteiger partial charge in [0, 0.05) is 0 Å². The van der Waals surface area contributed by atoms with Crippen LogP contribution in [-0.2, 0) is 11.2 Å². The molecule has 0 bridgehead atoms. The van der Waals surface area contributed by atoms with E-state index in [1.165, 1.54) is 22.3 Å². The zero-order chi connectivity index (χ0) is 12.4. The first-order chi connectivity index (χ1) is 8.11. The number of allylic oxidation sites excluding steroid dienone is 1. The molecule has 2 nitrogen and oxygen atoms in total. The summed E-state index contributed by atoms with van der Waals surface area (Å²) in [6.07, 6.45) is 4.04. The maximum absolute atomic E-state index is 11.4. The first-order valence-electron chi connectivity index (χ1n) is 6.08. The summed E-state index contributed by atoms with van der Waals surface area (Å²) < 4.78 is 0. The number of benzene rings is 1. The van der Waals surface area contributed by atoms with Crippen LogP contribution in [0.15, 0.2) is 24.3 Å². The molecule has 0 radical (unpaired) electrons. The van der Waals surface area contributed by atoms with Crippen LogP contribution < -0.4 is 5.32 Å². The maximum Gasteiger partial charge on any atom is 0.147 e. The van der Waals surface area contributed by atoms with E-state index in [9.17, 15) is 4.79 Å². The number of ketones is 1. The molecule has 0 aromatic heterocycles. The number of rotatable bonds is 4. The number of aryl methyl sites for hydroxylation is 1. The van der Waals surface area contributed by atoms with Crippen molar-refractivity contribution < 1.29 is 4.79 Å². The smallest absolute Gasteiger partial charge is 0.147 e. The van der Waals surface area contributed by atoms with E-state index in [0.29, 0.717) is 0 Å². The third-order valence-electron chi connectivity index (χ3n) is 3.44. The second-order valence-corrected chi connectivity index (χ2v) is 4.75. The third-order valence-corrected chi connectivity index (χ3v) is 3.44. The second-order valence-electron chi connectivity index (χ2n) is 4.75. The topological polar surface area (TPSA) is 29.1 Å². The molecule has 1 aromatic carbocycles. The monoisotopic (exact) mass is 229 g/mol. The van der Waals surface area contributed by atoms with Crippen LogP contribution in [0.5, 0.6) is 0 Å². The van der Waals surface area contributed by atoms with Gasteiger partial charge in [0.25, 0.3) is 0 Å². The molecule has 1 N–H and O–H groups in total. The van der Waals surface area contributed by atoms with Gasteiger partial charge in [-0.25, -0.2) is 0 Å². The summed E-state index contributed by atoms with van der Waals surface area (Å²) in [6.45, 7) is 3.76. The van der Waals surface area contributed by atoms with Crippen LogP contribution in [0.4, 0.5) is 0 Å². The highest BCUT2D eigenvalue weighted by Gasteiger charge is 2.19. The number of likely N-dealkylation sites (N-methyl/N-ethyl adjacent to an activating group) is 1. The number of hydrogen-bond acceptors (Lipinski definition) is 2. The van der Waals surface area contributed by atoms with E-state index in [2.05, 4.69) is 36.5 Å². The Kier molecular flexibility index (Phi) is 3.43. The molecule has 0 amide bonds. The van der Waals surface area contributed by atoms with Gasteiger partial charge in [0.05, 0.1) is 6.04 Å². The molecule has 0 unspecified atom stereocenters. The van der Waals surface area contributed by atoms with Crippen molar-refractivity contribution in [3.63, 3.8) is 0 Å². The molecule has 0 aliphatic heterocycles. The van der Waals surface area contributed by atoms with Crippen LogP contribution in [0.3, 0.4) is 0 Å². The van der Waals surface area contributed by atoms with Crippen LogP contribution in [0.1, 0.15) is 30.0 Å². The molecule has 2 rings (SSSR count). The molecule has 1 aliphatic rings. The Labute approximate surface area is 103 Å². The van der Waals surface area contributed by atoms with Gasteiger partial charge in [-0.1, -0.05) is 29.8 Å². The molecule has 0 saturated carbocycles. The Morgan fingerprint density at radius 3 is 2.88 bits per heavy atom. The van der Waals surface area contributed by atoms with Crippen molar-refractivity contribution >= 4 is 11.4 Å². The maximum atomic E-state index is 11.4. The highest BCUT2D eigenvalue weighted by Crippen LogP contribution is 2.31. The van der Waals surface area contributed by atoms with Gasteiger partial charge in [-0.3, -0.25) is 4.79 Å². The lowest BCUT2D eigenvalue weighted by Gasteiger charge is -2.14. The Balaban J connectivity index is 2.19. The molecule has 1 atom stereocenters. The molecule has 0 spiro atoms. The minimum absolute atomic E-state index is 0.0616. The lowest BCUT2D eigenvalue weighted by Crippen LogP contribution is -2.32. The van der Waals surface area contributed by atoms with Crippen LogP contribution >= 0.6 is 0 Å². The van der Waals surface area contributed by atoms with E-state index in [1.54, 1.807) is 6.92 Å². The summed E-state index contributed by atoms with van der Waals surface area (Å²) in [5.41, 5.74) is 5.31. The fraction of sp³-hybridized carbons (Fsp3) is 0.400. The predicted molar refractivity (Wildman–Crippen MR) is 71.0 cm³/mol. The summed E-state index contributed by atoms with van der Waals surface area (Å²) in [7, 11) is 1.84. The van der Waals surface area contributed by atoms with Crippen molar-refractivity contribution in [2.24, 2.45) is 0 Å². The highest BCUT2D eigenvalue weighted by molar-refractivity contribution is 5.85. The molecule has 90 valence electrons. The van der Waals surface area contributed by atoms with Crippen LogP contribution in [0.25, 0.3) is 5.57 Å². The summed E-state index contributed by atoms with van der Waals surface area (Å²) in [4.78, 5) is 11.4. The SMILES string of the molecule is CN[C@@H](CC1=CCc2cc(C)ccc21)C(C)=O. The Morgan fingerprint density at radius 2 is 2.24 bits per heavy atom.